The van der Waals surface area contributed by atoms with Crippen LogP contribution < -0.4 is 0 Å². The van der Waals surface area contributed by atoms with E-state index < -0.39 is 0 Å². The molecule has 0 aromatic carbocycles. The molecule has 0 unspecified atom stereocenters. The van der Waals surface area contributed by atoms with Crippen LogP contribution in [-0.4, -0.2) is 119 Å². The Morgan fingerprint density at radius 3 is 0.795 bits per heavy atom. The number of hydrogen-bond donors (Lipinski definition) is 0. The molecule has 44 heavy (non-hydrogen) atoms. The lowest BCUT2D eigenvalue weighted by Crippen LogP contribution is -2.15. The van der Waals surface area contributed by atoms with Crippen LogP contribution in [0.2, 0.25) is 0 Å². The average Bonchev–Trinajstić information content (AvgIpc) is 3.04. The molecule has 0 bridgehead atoms. The summed E-state index contributed by atoms with van der Waals surface area (Å²) >= 11 is 0. The average molecular weight is 639 g/mol. The highest BCUT2D eigenvalue weighted by Crippen LogP contribution is 2.13. The van der Waals surface area contributed by atoms with Crippen molar-refractivity contribution < 1.29 is 47.7 Å². The molecule has 0 aliphatic carbocycles. The summed E-state index contributed by atoms with van der Waals surface area (Å²) in [5, 5.41) is 0. The minimum absolute atomic E-state index is 0.436. The molecule has 0 N–H and O–H groups in total. The largest absolute Gasteiger partial charge is 0.379 e. The van der Waals surface area contributed by atoms with E-state index in [9.17, 15) is 0 Å². The molecule has 0 spiro atoms. The first-order valence-corrected chi connectivity index (χ1v) is 17.8. The predicted octanol–water partition coefficient (Wildman–Crippen LogP) is 6.57. The Labute approximate surface area is 270 Å². The molecule has 0 amide bonds. The van der Waals surface area contributed by atoms with E-state index >= 15 is 0 Å². The van der Waals surface area contributed by atoms with Crippen LogP contribution in [0.25, 0.3) is 0 Å². The molecular weight excluding hydrogens is 568 g/mol. The van der Waals surface area contributed by atoms with Gasteiger partial charge in [-0.2, -0.15) is 0 Å². The molecule has 10 heteroatoms. The van der Waals surface area contributed by atoms with Gasteiger partial charge < -0.3 is 37.9 Å². The highest BCUT2D eigenvalue weighted by Gasteiger charge is 1.97. The first-order valence-electron chi connectivity index (χ1n) is 17.8. The lowest BCUT2D eigenvalue weighted by Gasteiger charge is -2.08. The summed E-state index contributed by atoms with van der Waals surface area (Å²) in [6, 6.07) is 0. The highest BCUT2D eigenvalue weighted by atomic mass is 17.2. The predicted molar refractivity (Wildman–Crippen MR) is 174 cm³/mol. The van der Waals surface area contributed by atoms with Crippen LogP contribution in [0.3, 0.4) is 0 Å². The molecule has 0 fully saturated rings. The van der Waals surface area contributed by atoms with Crippen LogP contribution in [0.1, 0.15) is 104 Å². The van der Waals surface area contributed by atoms with E-state index in [4.69, 9.17) is 47.7 Å². The second-order valence-corrected chi connectivity index (χ2v) is 10.7. The Bertz CT molecular complexity index is 445. The second-order valence-electron chi connectivity index (χ2n) is 10.7. The maximum atomic E-state index is 5.50. The summed E-state index contributed by atoms with van der Waals surface area (Å²) in [5.74, 6) is 0. The number of rotatable bonds is 41. The first-order chi connectivity index (χ1) is 21.9. The van der Waals surface area contributed by atoms with Gasteiger partial charge in [-0.05, 0) is 13.3 Å². The van der Waals surface area contributed by atoms with Gasteiger partial charge in [0.15, 0.2) is 0 Å². The zero-order valence-electron chi connectivity index (χ0n) is 28.7. The fourth-order valence-corrected chi connectivity index (χ4v) is 4.25. The number of ether oxygens (including phenoxy) is 8. The molecule has 266 valence electrons. The molecule has 10 nitrogen and oxygen atoms in total. The summed E-state index contributed by atoms with van der Waals surface area (Å²) in [4.78, 5) is 10.4. The molecule has 0 saturated carbocycles. The van der Waals surface area contributed by atoms with E-state index in [1.54, 1.807) is 0 Å². The Morgan fingerprint density at radius 2 is 0.477 bits per heavy atom. The Kier molecular flexibility index (Phi) is 42.2. The minimum atomic E-state index is 0.436. The minimum Gasteiger partial charge on any atom is -0.379 e. The maximum absolute atomic E-state index is 5.50. The first kappa shape index (κ1) is 43.6. The van der Waals surface area contributed by atoms with Crippen molar-refractivity contribution in [3.8, 4) is 0 Å². The van der Waals surface area contributed by atoms with E-state index in [0.29, 0.717) is 119 Å². The Morgan fingerprint density at radius 1 is 0.227 bits per heavy atom. The summed E-state index contributed by atoms with van der Waals surface area (Å²) in [6.45, 7) is 14.2. The van der Waals surface area contributed by atoms with Gasteiger partial charge in [0, 0.05) is 6.61 Å². The third-order valence-electron chi connectivity index (χ3n) is 6.78. The highest BCUT2D eigenvalue weighted by molar-refractivity contribution is 4.49. The molecule has 0 atom stereocenters. The monoisotopic (exact) mass is 638 g/mol. The van der Waals surface area contributed by atoms with E-state index in [1.807, 2.05) is 6.92 Å². The van der Waals surface area contributed by atoms with Gasteiger partial charge >= 0.3 is 0 Å². The van der Waals surface area contributed by atoms with Crippen molar-refractivity contribution in [2.45, 2.75) is 104 Å². The number of unbranched alkanes of at least 4 members (excludes halogenated alkanes) is 13. The normalized spacial score (nSPS) is 11.6. The van der Waals surface area contributed by atoms with Gasteiger partial charge in [0.1, 0.15) is 6.61 Å². The van der Waals surface area contributed by atoms with Crippen LogP contribution in [0.4, 0.5) is 0 Å². The van der Waals surface area contributed by atoms with Crippen molar-refractivity contribution in [3.05, 3.63) is 0 Å². The molecular formula is C34H70O10. The molecule has 0 aromatic heterocycles. The van der Waals surface area contributed by atoms with Crippen LogP contribution in [-0.2, 0) is 47.7 Å². The molecule has 0 aromatic rings. The van der Waals surface area contributed by atoms with E-state index in [-0.39, 0.29) is 0 Å². The van der Waals surface area contributed by atoms with Crippen molar-refractivity contribution in [1.29, 1.82) is 0 Å². The van der Waals surface area contributed by atoms with Crippen molar-refractivity contribution in [2.75, 3.05) is 119 Å². The molecule has 0 aliphatic heterocycles. The summed E-state index contributed by atoms with van der Waals surface area (Å²) in [5.41, 5.74) is 0. The summed E-state index contributed by atoms with van der Waals surface area (Å²) < 4.78 is 43.4. The lowest BCUT2D eigenvalue weighted by atomic mass is 10.0. The van der Waals surface area contributed by atoms with Gasteiger partial charge in [0.05, 0.1) is 106 Å². The maximum Gasteiger partial charge on any atom is 0.106 e. The quantitative estimate of drug-likeness (QED) is 0.0416. The van der Waals surface area contributed by atoms with Crippen molar-refractivity contribution >= 4 is 0 Å². The zero-order chi connectivity index (χ0) is 31.7. The fourth-order valence-electron chi connectivity index (χ4n) is 4.25. The molecule has 0 rings (SSSR count). The van der Waals surface area contributed by atoms with E-state index in [1.165, 1.54) is 83.5 Å². The fraction of sp³-hybridized carbons (Fsp3) is 1.00. The molecule has 0 radical (unpaired) electrons. The van der Waals surface area contributed by atoms with Crippen molar-refractivity contribution in [3.63, 3.8) is 0 Å². The van der Waals surface area contributed by atoms with Gasteiger partial charge in [0.2, 0.25) is 0 Å². The standard InChI is InChI=1S/C34H70O10/c1-3-5-6-7-8-9-10-11-12-13-14-15-16-17-18-43-44-34-33-42-32-31-41-30-29-40-28-27-39-26-25-38-24-23-37-22-21-36-20-19-35-4-2/h3-34H2,1-2H3. The third kappa shape index (κ3) is 41.6. The van der Waals surface area contributed by atoms with Gasteiger partial charge in [-0.15, -0.1) is 0 Å². The smallest absolute Gasteiger partial charge is 0.106 e. The van der Waals surface area contributed by atoms with Gasteiger partial charge in [0.25, 0.3) is 0 Å². The SMILES string of the molecule is CCCCCCCCCCCCCCCCOOCCOCCOCCOCCOCCOCCOCCOCCOCC. The van der Waals surface area contributed by atoms with Crippen LogP contribution in [0.5, 0.6) is 0 Å². The van der Waals surface area contributed by atoms with Crippen molar-refractivity contribution in [2.24, 2.45) is 0 Å². The van der Waals surface area contributed by atoms with Crippen LogP contribution >= 0.6 is 0 Å². The van der Waals surface area contributed by atoms with Gasteiger partial charge in [-0.1, -0.05) is 90.4 Å². The Balaban J connectivity index is 3.03. The third-order valence-corrected chi connectivity index (χ3v) is 6.78. The van der Waals surface area contributed by atoms with E-state index in [0.717, 1.165) is 6.42 Å². The second kappa shape index (κ2) is 42.6. The molecule has 0 saturated heterocycles. The lowest BCUT2D eigenvalue weighted by molar-refractivity contribution is -0.299. The Hall–Kier alpha value is -0.400. The van der Waals surface area contributed by atoms with Crippen molar-refractivity contribution in [1.82, 2.24) is 0 Å². The summed E-state index contributed by atoms with van der Waals surface area (Å²) in [6.07, 6.45) is 19.0. The topological polar surface area (TPSA) is 92.3 Å². The van der Waals surface area contributed by atoms with Gasteiger partial charge in [-0.3, -0.25) is 0 Å². The molecule has 0 heterocycles. The van der Waals surface area contributed by atoms with Gasteiger partial charge in [-0.25, -0.2) is 9.78 Å². The molecule has 0 aliphatic rings. The zero-order valence-corrected chi connectivity index (χ0v) is 28.7. The number of hydrogen-bond acceptors (Lipinski definition) is 10. The van der Waals surface area contributed by atoms with Crippen LogP contribution in [0, 0.1) is 0 Å². The van der Waals surface area contributed by atoms with E-state index in [2.05, 4.69) is 6.92 Å². The summed E-state index contributed by atoms with van der Waals surface area (Å²) in [7, 11) is 0. The van der Waals surface area contributed by atoms with Crippen LogP contribution in [0.15, 0.2) is 0 Å².